The summed E-state index contributed by atoms with van der Waals surface area (Å²) < 4.78 is 0. The number of aliphatic hydroxyl groups excluding tert-OH is 3. The van der Waals surface area contributed by atoms with Crippen LogP contribution in [0.4, 0.5) is 0 Å². The van der Waals surface area contributed by atoms with Crippen molar-refractivity contribution in [2.24, 2.45) is 0 Å². The number of hydrogen-bond donors (Lipinski definition) is 3. The Morgan fingerprint density at radius 2 is 2.10 bits per heavy atom. The van der Waals surface area contributed by atoms with Crippen molar-refractivity contribution in [3.8, 4) is 0 Å². The fraction of sp³-hybridized carbons (Fsp3) is 1.00. The van der Waals surface area contributed by atoms with Gasteiger partial charge in [0.2, 0.25) is 0 Å². The molecule has 0 spiro atoms. The molecule has 10 heavy (non-hydrogen) atoms. The maximum Gasteiger partial charge on any atom is 0.0705 e. The maximum absolute atomic E-state index is 9.20. The lowest BCUT2D eigenvalue weighted by Crippen LogP contribution is -2.37. The van der Waals surface area contributed by atoms with E-state index in [1.165, 1.54) is 11.8 Å². The average Bonchev–Trinajstić information content (AvgIpc) is 1.88. The summed E-state index contributed by atoms with van der Waals surface area (Å²) in [5.41, 5.74) is 0. The van der Waals surface area contributed by atoms with Crippen LogP contribution in [-0.2, 0) is 0 Å². The lowest BCUT2D eigenvalue weighted by molar-refractivity contribution is 0.0710. The zero-order chi connectivity index (χ0) is 7.56. The molecule has 3 nitrogen and oxygen atoms in total. The summed E-state index contributed by atoms with van der Waals surface area (Å²) >= 11 is 1.43. The minimum atomic E-state index is -0.543. The lowest BCUT2D eigenvalue weighted by atomic mass is 10.1. The second-order valence-corrected chi connectivity index (χ2v) is 3.78. The highest BCUT2D eigenvalue weighted by Gasteiger charge is 2.27. The van der Waals surface area contributed by atoms with Crippen molar-refractivity contribution in [1.29, 1.82) is 0 Å². The molecule has 0 aromatic carbocycles. The van der Waals surface area contributed by atoms with E-state index >= 15 is 0 Å². The third kappa shape index (κ3) is 1.85. The summed E-state index contributed by atoms with van der Waals surface area (Å²) in [6.45, 7) is -0.00144. The molecule has 3 N–H and O–H groups in total. The molecule has 60 valence electrons. The third-order valence-electron chi connectivity index (χ3n) is 1.63. The highest BCUT2D eigenvalue weighted by Crippen LogP contribution is 2.25. The van der Waals surface area contributed by atoms with Crippen LogP contribution in [0.3, 0.4) is 0 Å². The molecule has 0 radical (unpaired) electrons. The predicted molar refractivity (Wildman–Crippen MR) is 40.0 cm³/mol. The van der Waals surface area contributed by atoms with Crippen LogP contribution in [0.25, 0.3) is 0 Å². The normalized spacial score (nSPS) is 41.7. The lowest BCUT2D eigenvalue weighted by Gasteiger charge is -2.28. The van der Waals surface area contributed by atoms with Gasteiger partial charge in [0.25, 0.3) is 0 Å². The molecule has 1 aliphatic rings. The fourth-order valence-corrected chi connectivity index (χ4v) is 2.06. The Morgan fingerprint density at radius 3 is 2.60 bits per heavy atom. The van der Waals surface area contributed by atoms with E-state index in [4.69, 9.17) is 10.2 Å². The van der Waals surface area contributed by atoms with Gasteiger partial charge in [-0.2, -0.15) is 11.8 Å². The average molecular weight is 164 g/mol. The molecule has 0 amide bonds. The summed E-state index contributed by atoms with van der Waals surface area (Å²) in [4.78, 5) is 0. The number of hydrogen-bond acceptors (Lipinski definition) is 4. The van der Waals surface area contributed by atoms with E-state index in [-0.39, 0.29) is 11.9 Å². The fourth-order valence-electron chi connectivity index (χ4n) is 1.02. The molecule has 0 aromatic heterocycles. The number of aliphatic hydroxyl groups is 3. The molecule has 0 unspecified atom stereocenters. The Kier molecular flexibility index (Phi) is 2.97. The van der Waals surface area contributed by atoms with Crippen molar-refractivity contribution in [1.82, 2.24) is 0 Å². The van der Waals surface area contributed by atoms with Gasteiger partial charge in [0, 0.05) is 12.2 Å². The molecule has 1 saturated heterocycles. The molecular formula is C6H12O3S. The van der Waals surface area contributed by atoms with E-state index in [1.807, 2.05) is 0 Å². The van der Waals surface area contributed by atoms with E-state index < -0.39 is 12.2 Å². The van der Waals surface area contributed by atoms with E-state index in [0.717, 1.165) is 0 Å². The van der Waals surface area contributed by atoms with Crippen molar-refractivity contribution in [2.75, 3.05) is 12.4 Å². The van der Waals surface area contributed by atoms with E-state index in [9.17, 15) is 5.11 Å². The van der Waals surface area contributed by atoms with E-state index in [1.54, 1.807) is 0 Å². The second-order valence-electron chi connectivity index (χ2n) is 2.51. The van der Waals surface area contributed by atoms with Crippen LogP contribution in [0.2, 0.25) is 0 Å². The molecule has 0 aromatic rings. The van der Waals surface area contributed by atoms with Crippen molar-refractivity contribution >= 4 is 11.8 Å². The SMILES string of the molecule is OC[C@@H]1SC[C@@H](O)C[C@H]1O. The van der Waals surface area contributed by atoms with Gasteiger partial charge in [0.05, 0.1) is 24.1 Å². The molecule has 0 aliphatic carbocycles. The Morgan fingerprint density at radius 1 is 1.40 bits per heavy atom. The van der Waals surface area contributed by atoms with Crippen LogP contribution < -0.4 is 0 Å². The standard InChI is InChI=1S/C6H12O3S/c7-2-6-5(9)1-4(8)3-10-6/h4-9H,1-3H2/t4-,5+,6-/m0/s1. The van der Waals surface area contributed by atoms with Crippen molar-refractivity contribution in [3.05, 3.63) is 0 Å². The van der Waals surface area contributed by atoms with Gasteiger partial charge < -0.3 is 15.3 Å². The summed E-state index contributed by atoms with van der Waals surface area (Å²) in [6.07, 6.45) is -0.542. The van der Waals surface area contributed by atoms with Gasteiger partial charge in [0.15, 0.2) is 0 Å². The summed E-state index contributed by atoms with van der Waals surface area (Å²) in [5.74, 6) is 0.627. The molecular weight excluding hydrogens is 152 g/mol. The van der Waals surface area contributed by atoms with Gasteiger partial charge in [-0.15, -0.1) is 0 Å². The molecule has 1 rings (SSSR count). The molecule has 1 aliphatic heterocycles. The van der Waals surface area contributed by atoms with Gasteiger partial charge in [0.1, 0.15) is 0 Å². The maximum atomic E-state index is 9.20. The molecule has 4 heteroatoms. The van der Waals surface area contributed by atoms with Gasteiger partial charge >= 0.3 is 0 Å². The zero-order valence-corrected chi connectivity index (χ0v) is 6.42. The quantitative estimate of drug-likeness (QED) is 0.475. The summed E-state index contributed by atoms with van der Waals surface area (Å²) in [7, 11) is 0. The van der Waals surface area contributed by atoms with Crippen molar-refractivity contribution in [2.45, 2.75) is 23.9 Å². The Bertz CT molecular complexity index is 109. The predicted octanol–water partition coefficient (Wildman–Crippen LogP) is -0.794. The van der Waals surface area contributed by atoms with Crippen LogP contribution in [0.1, 0.15) is 6.42 Å². The van der Waals surface area contributed by atoms with Crippen LogP contribution in [0, 0.1) is 0 Å². The van der Waals surface area contributed by atoms with Crippen LogP contribution in [0.5, 0.6) is 0 Å². The minimum absolute atomic E-state index is 0.00144. The number of thioether (sulfide) groups is 1. The highest BCUT2D eigenvalue weighted by molar-refractivity contribution is 8.00. The third-order valence-corrected chi connectivity index (χ3v) is 3.09. The van der Waals surface area contributed by atoms with Crippen molar-refractivity contribution in [3.63, 3.8) is 0 Å². The first-order valence-electron chi connectivity index (χ1n) is 3.32. The minimum Gasteiger partial charge on any atom is -0.395 e. The molecule has 1 fully saturated rings. The van der Waals surface area contributed by atoms with E-state index in [0.29, 0.717) is 12.2 Å². The monoisotopic (exact) mass is 164 g/mol. The Labute approximate surface area is 64.1 Å². The van der Waals surface area contributed by atoms with Gasteiger partial charge in [-0.25, -0.2) is 0 Å². The van der Waals surface area contributed by atoms with Gasteiger partial charge in [-0.3, -0.25) is 0 Å². The van der Waals surface area contributed by atoms with Crippen LogP contribution >= 0.6 is 11.8 Å². The highest BCUT2D eigenvalue weighted by atomic mass is 32.2. The smallest absolute Gasteiger partial charge is 0.0705 e. The van der Waals surface area contributed by atoms with Gasteiger partial charge in [-0.05, 0) is 0 Å². The van der Waals surface area contributed by atoms with Crippen LogP contribution in [-0.4, -0.2) is 45.1 Å². The zero-order valence-electron chi connectivity index (χ0n) is 5.60. The first-order valence-corrected chi connectivity index (χ1v) is 4.37. The van der Waals surface area contributed by atoms with Gasteiger partial charge in [-0.1, -0.05) is 0 Å². The molecule has 0 bridgehead atoms. The van der Waals surface area contributed by atoms with Crippen molar-refractivity contribution < 1.29 is 15.3 Å². The first-order chi connectivity index (χ1) is 4.74. The molecule has 1 heterocycles. The first kappa shape index (κ1) is 8.33. The van der Waals surface area contributed by atoms with Crippen LogP contribution in [0.15, 0.2) is 0 Å². The topological polar surface area (TPSA) is 60.7 Å². The molecule has 0 saturated carbocycles. The Hall–Kier alpha value is 0.230. The van der Waals surface area contributed by atoms with E-state index in [2.05, 4.69) is 0 Å². The summed E-state index contributed by atoms with van der Waals surface area (Å²) in [5, 5.41) is 26.8. The number of rotatable bonds is 1. The second kappa shape index (κ2) is 3.57. The summed E-state index contributed by atoms with van der Waals surface area (Å²) in [6, 6.07) is 0. The molecule has 3 atom stereocenters. The Balaban J connectivity index is 2.36. The largest absolute Gasteiger partial charge is 0.395 e.